The molecule has 1 aromatic carbocycles. The molecule has 0 fully saturated rings. The van der Waals surface area contributed by atoms with Crippen LogP contribution in [-0.2, 0) is 6.42 Å². The fourth-order valence-corrected chi connectivity index (χ4v) is 1.63. The first-order chi connectivity index (χ1) is 8.36. The molecule has 0 aliphatic rings. The van der Waals surface area contributed by atoms with Crippen molar-refractivity contribution in [2.45, 2.75) is 39.5 Å². The van der Waals surface area contributed by atoms with E-state index in [0.29, 0.717) is 0 Å². The van der Waals surface area contributed by atoms with Gasteiger partial charge >= 0.3 is 0 Å². The fraction of sp³-hybridized carbons (Fsp3) is 0.600. The van der Waals surface area contributed by atoms with Crippen LogP contribution in [0.15, 0.2) is 24.3 Å². The predicted octanol–water partition coefficient (Wildman–Crippen LogP) is 3.41. The van der Waals surface area contributed by atoms with E-state index in [-0.39, 0.29) is 0 Å². The topological polar surface area (TPSA) is 21.3 Å². The monoisotopic (exact) mass is 235 g/mol. The molecular weight excluding hydrogens is 210 g/mol. The van der Waals surface area contributed by atoms with Crippen LogP contribution in [0.25, 0.3) is 0 Å². The molecule has 2 nitrogen and oxygen atoms in total. The quantitative estimate of drug-likeness (QED) is 0.662. The van der Waals surface area contributed by atoms with Crippen LogP contribution in [0.5, 0.6) is 5.75 Å². The Bertz CT molecular complexity index is 281. The van der Waals surface area contributed by atoms with Gasteiger partial charge in [0.15, 0.2) is 0 Å². The van der Waals surface area contributed by atoms with E-state index in [4.69, 9.17) is 4.74 Å². The van der Waals surface area contributed by atoms with Gasteiger partial charge in [0.2, 0.25) is 0 Å². The summed E-state index contributed by atoms with van der Waals surface area (Å²) in [5.41, 5.74) is 1.37. The van der Waals surface area contributed by atoms with Crippen molar-refractivity contribution in [3.8, 4) is 5.75 Å². The highest BCUT2D eigenvalue weighted by atomic mass is 16.5. The lowest BCUT2D eigenvalue weighted by Crippen LogP contribution is -2.18. The molecule has 0 saturated heterocycles. The van der Waals surface area contributed by atoms with Gasteiger partial charge in [-0.1, -0.05) is 32.4 Å². The average molecular weight is 235 g/mol. The molecule has 0 spiro atoms. The van der Waals surface area contributed by atoms with Gasteiger partial charge in [-0.05, 0) is 50.0 Å². The minimum absolute atomic E-state index is 0.803. The van der Waals surface area contributed by atoms with Crippen molar-refractivity contribution in [2.75, 3.05) is 19.7 Å². The van der Waals surface area contributed by atoms with Crippen LogP contribution in [0.3, 0.4) is 0 Å². The van der Waals surface area contributed by atoms with E-state index >= 15 is 0 Å². The first-order valence-corrected chi connectivity index (χ1v) is 6.79. The molecule has 96 valence electrons. The summed E-state index contributed by atoms with van der Waals surface area (Å²) in [6.07, 6.45) is 4.68. The van der Waals surface area contributed by atoms with E-state index in [9.17, 15) is 0 Å². The van der Waals surface area contributed by atoms with E-state index in [1.54, 1.807) is 0 Å². The van der Waals surface area contributed by atoms with Crippen molar-refractivity contribution in [3.63, 3.8) is 0 Å². The van der Waals surface area contributed by atoms with Crippen LogP contribution in [-0.4, -0.2) is 19.7 Å². The third-order valence-electron chi connectivity index (χ3n) is 2.69. The Balaban J connectivity index is 2.20. The predicted molar refractivity (Wildman–Crippen MR) is 73.7 cm³/mol. The Morgan fingerprint density at radius 2 is 1.76 bits per heavy atom. The summed E-state index contributed by atoms with van der Waals surface area (Å²) in [5.74, 6) is 0.981. The van der Waals surface area contributed by atoms with Gasteiger partial charge in [0.1, 0.15) is 5.75 Å². The van der Waals surface area contributed by atoms with E-state index in [0.717, 1.165) is 38.3 Å². The van der Waals surface area contributed by atoms with Crippen molar-refractivity contribution >= 4 is 0 Å². The number of hydrogen-bond donors (Lipinski definition) is 1. The molecule has 0 saturated carbocycles. The molecule has 0 aliphatic carbocycles. The van der Waals surface area contributed by atoms with Gasteiger partial charge < -0.3 is 10.1 Å². The third-order valence-corrected chi connectivity index (χ3v) is 2.69. The summed E-state index contributed by atoms with van der Waals surface area (Å²) in [7, 11) is 0. The highest BCUT2D eigenvalue weighted by Gasteiger charge is 1.95. The molecule has 0 bridgehead atoms. The maximum Gasteiger partial charge on any atom is 0.119 e. The number of ether oxygens (including phenoxy) is 1. The number of rotatable bonds is 9. The Labute approximate surface area is 105 Å². The lowest BCUT2D eigenvalue weighted by molar-refractivity contribution is 0.317. The molecule has 0 radical (unpaired) electrons. The first-order valence-electron chi connectivity index (χ1n) is 6.79. The summed E-state index contributed by atoms with van der Waals surface area (Å²) < 4.78 is 5.55. The number of unbranched alkanes of at least 4 members (excludes halogenated alkanes) is 1. The van der Waals surface area contributed by atoms with Crippen molar-refractivity contribution < 1.29 is 4.74 Å². The summed E-state index contributed by atoms with van der Waals surface area (Å²) in [6, 6.07) is 8.45. The van der Waals surface area contributed by atoms with Crippen LogP contribution in [0.1, 0.15) is 38.7 Å². The Morgan fingerprint density at radius 1 is 1.00 bits per heavy atom. The van der Waals surface area contributed by atoms with Crippen molar-refractivity contribution in [1.82, 2.24) is 5.32 Å². The summed E-state index contributed by atoms with van der Waals surface area (Å²) in [4.78, 5) is 0. The zero-order chi connectivity index (χ0) is 12.3. The zero-order valence-corrected chi connectivity index (χ0v) is 11.2. The maximum absolute atomic E-state index is 5.55. The van der Waals surface area contributed by atoms with E-state index in [2.05, 4.69) is 43.4 Å². The zero-order valence-electron chi connectivity index (χ0n) is 11.2. The molecule has 0 amide bonds. The molecule has 1 N–H and O–H groups in total. The van der Waals surface area contributed by atoms with Crippen molar-refractivity contribution in [2.24, 2.45) is 0 Å². The number of hydrogen-bond acceptors (Lipinski definition) is 2. The molecule has 0 aliphatic heterocycles. The Kier molecular flexibility index (Phi) is 7.48. The van der Waals surface area contributed by atoms with Gasteiger partial charge in [-0.15, -0.1) is 0 Å². The van der Waals surface area contributed by atoms with Gasteiger partial charge in [-0.25, -0.2) is 0 Å². The second-order valence-electron chi connectivity index (χ2n) is 4.35. The van der Waals surface area contributed by atoms with Crippen LogP contribution in [0.4, 0.5) is 0 Å². The van der Waals surface area contributed by atoms with Gasteiger partial charge in [-0.3, -0.25) is 0 Å². The van der Waals surface area contributed by atoms with Crippen LogP contribution >= 0.6 is 0 Å². The molecule has 2 heteroatoms. The second kappa shape index (κ2) is 9.06. The normalized spacial score (nSPS) is 10.5. The van der Waals surface area contributed by atoms with Crippen LogP contribution < -0.4 is 10.1 Å². The maximum atomic E-state index is 5.55. The Morgan fingerprint density at radius 3 is 2.41 bits per heavy atom. The molecule has 0 heterocycles. The minimum atomic E-state index is 0.803. The fourth-order valence-electron chi connectivity index (χ4n) is 1.63. The first kappa shape index (κ1) is 14.0. The number of nitrogens with one attached hydrogen (secondary N) is 1. The molecule has 0 atom stereocenters. The third kappa shape index (κ3) is 6.32. The number of benzene rings is 1. The van der Waals surface area contributed by atoms with Crippen molar-refractivity contribution in [3.05, 3.63) is 29.8 Å². The SMILES string of the molecule is CCCCNCCc1ccc(OCCC)cc1. The highest BCUT2D eigenvalue weighted by Crippen LogP contribution is 2.12. The molecule has 17 heavy (non-hydrogen) atoms. The van der Waals surface area contributed by atoms with E-state index in [1.807, 2.05) is 0 Å². The standard InChI is InChI=1S/C15H25NO/c1-3-5-11-16-12-10-14-6-8-15(9-7-14)17-13-4-2/h6-9,16H,3-5,10-13H2,1-2H3. The summed E-state index contributed by atoms with van der Waals surface area (Å²) in [5, 5.41) is 3.45. The summed E-state index contributed by atoms with van der Waals surface area (Å²) in [6.45, 7) is 7.34. The molecule has 1 rings (SSSR count). The molecule has 1 aromatic rings. The van der Waals surface area contributed by atoms with E-state index < -0.39 is 0 Å². The lowest BCUT2D eigenvalue weighted by atomic mass is 10.1. The lowest BCUT2D eigenvalue weighted by Gasteiger charge is -2.06. The van der Waals surface area contributed by atoms with Gasteiger partial charge in [0.05, 0.1) is 6.61 Å². The molecule has 0 aromatic heterocycles. The largest absolute Gasteiger partial charge is 0.494 e. The average Bonchev–Trinajstić information content (AvgIpc) is 2.37. The summed E-state index contributed by atoms with van der Waals surface area (Å²) >= 11 is 0. The van der Waals surface area contributed by atoms with Crippen LogP contribution in [0.2, 0.25) is 0 Å². The molecule has 0 unspecified atom stereocenters. The van der Waals surface area contributed by atoms with Crippen molar-refractivity contribution in [1.29, 1.82) is 0 Å². The smallest absolute Gasteiger partial charge is 0.119 e. The van der Waals surface area contributed by atoms with Gasteiger partial charge in [0, 0.05) is 0 Å². The minimum Gasteiger partial charge on any atom is -0.494 e. The van der Waals surface area contributed by atoms with Crippen LogP contribution in [0, 0.1) is 0 Å². The highest BCUT2D eigenvalue weighted by molar-refractivity contribution is 5.27. The van der Waals surface area contributed by atoms with Gasteiger partial charge in [-0.2, -0.15) is 0 Å². The Hall–Kier alpha value is -1.02. The second-order valence-corrected chi connectivity index (χ2v) is 4.35. The molecular formula is C15H25NO. The van der Waals surface area contributed by atoms with E-state index in [1.165, 1.54) is 18.4 Å². The van der Waals surface area contributed by atoms with Gasteiger partial charge in [0.25, 0.3) is 0 Å².